The fourth-order valence-electron chi connectivity index (χ4n) is 2.72. The fraction of sp³-hybridized carbons (Fsp3) is 0.231. The highest BCUT2D eigenvalue weighted by Crippen LogP contribution is 2.42. The first-order valence-electron chi connectivity index (χ1n) is 6.49. The Kier molecular flexibility index (Phi) is 3.36. The minimum absolute atomic E-state index is 0.0564. The second-order valence-corrected chi connectivity index (χ2v) is 6.70. The number of Topliss-reactive ketones (excluding diaryl/α,β-unsaturated/α-hetero) is 1. The van der Waals surface area contributed by atoms with Crippen LogP contribution in [-0.4, -0.2) is 37.5 Å². The molecule has 112 valence electrons. The zero-order valence-electron chi connectivity index (χ0n) is 11.1. The van der Waals surface area contributed by atoms with Crippen LogP contribution in [0.4, 0.5) is 5.95 Å². The highest BCUT2D eigenvalue weighted by molar-refractivity contribution is 8.00. The van der Waals surface area contributed by atoms with E-state index in [1.807, 2.05) is 6.07 Å². The first-order chi connectivity index (χ1) is 10.7. The molecular weight excluding hydrogens is 345 g/mol. The van der Waals surface area contributed by atoms with Crippen molar-refractivity contribution in [3.05, 3.63) is 45.1 Å². The van der Waals surface area contributed by atoms with Crippen molar-refractivity contribution in [2.75, 3.05) is 16.8 Å². The van der Waals surface area contributed by atoms with Gasteiger partial charge in [0, 0.05) is 22.6 Å². The van der Waals surface area contributed by atoms with Crippen LogP contribution in [-0.2, 0) is 4.79 Å². The maximum absolute atomic E-state index is 12.5. The summed E-state index contributed by atoms with van der Waals surface area (Å²) >= 11 is 14.1. The second-order valence-electron chi connectivity index (χ2n) is 4.93. The van der Waals surface area contributed by atoms with Gasteiger partial charge in [-0.1, -0.05) is 40.4 Å². The summed E-state index contributed by atoms with van der Waals surface area (Å²) in [6.45, 7) is 0. The van der Waals surface area contributed by atoms with E-state index in [4.69, 9.17) is 23.2 Å². The maximum atomic E-state index is 12.5. The standard InChI is InChI=1S/C13H9Cl2N5OS/c14-7-3-1-2-6(11(7)15)12-10-8(4-22-5-9(10)21)16-13-17-18-19-20(12)13/h1-3,12H,4-5H2,(H,16,17,19). The Balaban J connectivity index is 1.97. The molecule has 1 aromatic carbocycles. The van der Waals surface area contributed by atoms with Gasteiger partial charge in [-0.3, -0.25) is 4.79 Å². The maximum Gasteiger partial charge on any atom is 0.248 e. The molecule has 3 heterocycles. The highest BCUT2D eigenvalue weighted by Gasteiger charge is 2.37. The third-order valence-electron chi connectivity index (χ3n) is 3.65. The summed E-state index contributed by atoms with van der Waals surface area (Å²) in [6, 6.07) is 4.90. The van der Waals surface area contributed by atoms with Crippen LogP contribution in [0.2, 0.25) is 10.0 Å². The monoisotopic (exact) mass is 353 g/mol. The number of benzene rings is 1. The molecule has 1 unspecified atom stereocenters. The van der Waals surface area contributed by atoms with Gasteiger partial charge < -0.3 is 5.32 Å². The smallest absolute Gasteiger partial charge is 0.248 e. The number of allylic oxidation sites excluding steroid dienone is 1. The lowest BCUT2D eigenvalue weighted by Crippen LogP contribution is -2.33. The van der Waals surface area contributed by atoms with E-state index in [1.54, 1.807) is 28.6 Å². The Labute approximate surface area is 139 Å². The summed E-state index contributed by atoms with van der Waals surface area (Å²) in [5, 5.41) is 15.6. The Hall–Kier alpha value is -1.57. The molecule has 0 saturated carbocycles. The topological polar surface area (TPSA) is 72.7 Å². The van der Waals surface area contributed by atoms with Gasteiger partial charge in [0.2, 0.25) is 5.95 Å². The minimum atomic E-state index is -0.458. The number of hydrogen-bond acceptors (Lipinski definition) is 6. The number of nitrogens with one attached hydrogen (secondary N) is 1. The van der Waals surface area contributed by atoms with E-state index in [2.05, 4.69) is 20.8 Å². The number of rotatable bonds is 1. The highest BCUT2D eigenvalue weighted by atomic mass is 35.5. The molecule has 2 aliphatic rings. The number of thioether (sulfide) groups is 1. The first kappa shape index (κ1) is 14.0. The summed E-state index contributed by atoms with van der Waals surface area (Å²) in [4.78, 5) is 12.5. The van der Waals surface area contributed by atoms with Crippen molar-refractivity contribution in [1.29, 1.82) is 0 Å². The van der Waals surface area contributed by atoms with Gasteiger partial charge in [0.1, 0.15) is 6.04 Å². The molecule has 0 radical (unpaired) electrons. The SMILES string of the molecule is O=C1CSCC2=C1C(c1cccc(Cl)c1Cl)n1nnnc1N2. The zero-order chi connectivity index (χ0) is 15.3. The molecule has 0 fully saturated rings. The Morgan fingerprint density at radius 2 is 2.18 bits per heavy atom. The Morgan fingerprint density at radius 3 is 3.05 bits per heavy atom. The quantitative estimate of drug-likeness (QED) is 0.849. The average Bonchev–Trinajstić information content (AvgIpc) is 2.96. The summed E-state index contributed by atoms with van der Waals surface area (Å²) < 4.78 is 1.57. The van der Waals surface area contributed by atoms with Gasteiger partial charge in [-0.2, -0.15) is 4.68 Å². The fourth-order valence-corrected chi connectivity index (χ4v) is 4.00. The number of nitrogens with zero attached hydrogens (tertiary/aromatic N) is 4. The molecule has 22 heavy (non-hydrogen) atoms. The van der Waals surface area contributed by atoms with E-state index in [-0.39, 0.29) is 5.78 Å². The van der Waals surface area contributed by atoms with E-state index in [1.165, 1.54) is 0 Å². The van der Waals surface area contributed by atoms with Crippen molar-refractivity contribution in [2.24, 2.45) is 0 Å². The molecule has 1 N–H and O–H groups in total. The van der Waals surface area contributed by atoms with Gasteiger partial charge in [-0.05, 0) is 16.5 Å². The molecular formula is C13H9Cl2N5OS. The van der Waals surface area contributed by atoms with Gasteiger partial charge in [0.15, 0.2) is 5.78 Å². The molecule has 0 amide bonds. The number of ketones is 1. The molecule has 9 heteroatoms. The molecule has 0 aliphatic carbocycles. The summed E-state index contributed by atoms with van der Waals surface area (Å²) in [5.74, 6) is 1.70. The molecule has 2 aliphatic heterocycles. The lowest BCUT2D eigenvalue weighted by molar-refractivity contribution is -0.113. The number of anilines is 1. The lowest BCUT2D eigenvalue weighted by atomic mass is 9.93. The molecule has 4 rings (SSSR count). The molecule has 2 aromatic rings. The molecule has 1 atom stereocenters. The predicted octanol–water partition coefficient (Wildman–Crippen LogP) is 2.56. The summed E-state index contributed by atoms with van der Waals surface area (Å²) in [6.07, 6.45) is 0. The van der Waals surface area contributed by atoms with Crippen molar-refractivity contribution < 1.29 is 4.79 Å². The van der Waals surface area contributed by atoms with Gasteiger partial charge in [0.05, 0.1) is 15.8 Å². The zero-order valence-corrected chi connectivity index (χ0v) is 13.4. The third-order valence-corrected chi connectivity index (χ3v) is 5.45. The molecule has 6 nitrogen and oxygen atoms in total. The van der Waals surface area contributed by atoms with Crippen molar-refractivity contribution in [3.63, 3.8) is 0 Å². The van der Waals surface area contributed by atoms with Crippen LogP contribution < -0.4 is 5.32 Å². The van der Waals surface area contributed by atoms with Crippen LogP contribution in [0, 0.1) is 0 Å². The van der Waals surface area contributed by atoms with Gasteiger partial charge in [0.25, 0.3) is 0 Å². The van der Waals surface area contributed by atoms with Crippen LogP contribution in [0.1, 0.15) is 11.6 Å². The van der Waals surface area contributed by atoms with E-state index in [0.29, 0.717) is 33.1 Å². The van der Waals surface area contributed by atoms with Crippen LogP contribution in [0.3, 0.4) is 0 Å². The summed E-state index contributed by atoms with van der Waals surface area (Å²) in [7, 11) is 0. The van der Waals surface area contributed by atoms with Crippen LogP contribution in [0.5, 0.6) is 0 Å². The van der Waals surface area contributed by atoms with E-state index < -0.39 is 6.04 Å². The van der Waals surface area contributed by atoms with Crippen LogP contribution in [0.15, 0.2) is 29.5 Å². The summed E-state index contributed by atoms with van der Waals surface area (Å²) in [5.41, 5.74) is 2.21. The number of aromatic nitrogens is 4. The van der Waals surface area contributed by atoms with Crippen molar-refractivity contribution >= 4 is 46.7 Å². The number of carbonyl (C=O) groups is 1. The first-order valence-corrected chi connectivity index (χ1v) is 8.40. The van der Waals surface area contributed by atoms with Gasteiger partial charge in [-0.15, -0.1) is 11.8 Å². The van der Waals surface area contributed by atoms with Crippen molar-refractivity contribution in [2.45, 2.75) is 6.04 Å². The third kappa shape index (κ3) is 2.04. The largest absolute Gasteiger partial charge is 0.325 e. The van der Waals surface area contributed by atoms with E-state index >= 15 is 0 Å². The predicted molar refractivity (Wildman–Crippen MR) is 85.4 cm³/mol. The average molecular weight is 354 g/mol. The van der Waals surface area contributed by atoms with Gasteiger partial charge >= 0.3 is 0 Å². The number of hydrogen-bond donors (Lipinski definition) is 1. The molecule has 1 aromatic heterocycles. The minimum Gasteiger partial charge on any atom is -0.325 e. The number of carbonyl (C=O) groups excluding carboxylic acids is 1. The second kappa shape index (κ2) is 5.26. The normalized spacial score (nSPS) is 20.5. The van der Waals surface area contributed by atoms with Crippen molar-refractivity contribution in [3.8, 4) is 0 Å². The van der Waals surface area contributed by atoms with Crippen LogP contribution >= 0.6 is 35.0 Å². The number of tetrazole rings is 1. The van der Waals surface area contributed by atoms with E-state index in [9.17, 15) is 4.79 Å². The number of halogens is 2. The van der Waals surface area contributed by atoms with Crippen LogP contribution in [0.25, 0.3) is 0 Å². The van der Waals surface area contributed by atoms with Crippen molar-refractivity contribution in [1.82, 2.24) is 20.2 Å². The molecule has 0 saturated heterocycles. The Bertz CT molecular complexity index is 819. The Morgan fingerprint density at radius 1 is 1.32 bits per heavy atom. The molecule has 0 bridgehead atoms. The van der Waals surface area contributed by atoms with Gasteiger partial charge in [-0.25, -0.2) is 0 Å². The van der Waals surface area contributed by atoms with E-state index in [0.717, 1.165) is 11.3 Å². The lowest BCUT2D eigenvalue weighted by Gasteiger charge is -2.31. The number of fused-ring (bicyclic) bond motifs is 1. The molecule has 0 spiro atoms.